The number of rotatable bonds is 6. The molecule has 5 nitrogen and oxygen atoms in total. The van der Waals surface area contributed by atoms with Crippen LogP contribution in [0.2, 0.25) is 0 Å². The van der Waals surface area contributed by atoms with E-state index in [1.54, 1.807) is 24.3 Å². The molecule has 0 radical (unpaired) electrons. The Labute approximate surface area is 145 Å². The third-order valence-electron chi connectivity index (χ3n) is 3.72. The minimum atomic E-state index is -0.255. The maximum Gasteiger partial charge on any atom is 0.251 e. The Hall–Kier alpha value is -3.15. The smallest absolute Gasteiger partial charge is 0.251 e. The average Bonchev–Trinajstić information content (AvgIpc) is 3.05. The zero-order valence-corrected chi connectivity index (χ0v) is 13.8. The van der Waals surface area contributed by atoms with Crippen molar-refractivity contribution < 1.29 is 9.18 Å². The van der Waals surface area contributed by atoms with Crippen LogP contribution in [0.3, 0.4) is 0 Å². The molecule has 0 fully saturated rings. The summed E-state index contributed by atoms with van der Waals surface area (Å²) in [6.07, 6.45) is 0. The number of amides is 1. The molecule has 2 aromatic carbocycles. The number of carbonyl (C=O) groups is 1. The lowest BCUT2D eigenvalue weighted by molar-refractivity contribution is 0.0950. The fourth-order valence-corrected chi connectivity index (χ4v) is 2.41. The van der Waals surface area contributed by atoms with Crippen molar-refractivity contribution in [3.05, 3.63) is 82.9 Å². The Balaban J connectivity index is 1.58. The van der Waals surface area contributed by atoms with Crippen LogP contribution in [0.15, 0.2) is 54.6 Å². The standard InChI is InChI=1S/C19H19FN4O/c1-13-9-18(24-23-13)12-22-19(25)15-3-2-4-17(10-15)21-11-14-5-7-16(20)8-6-14/h2-10,21H,11-12H2,1H3,(H,22,25)(H,23,24). The zero-order chi connectivity index (χ0) is 17.6. The second-order valence-electron chi connectivity index (χ2n) is 5.79. The Morgan fingerprint density at radius 1 is 1.12 bits per heavy atom. The quantitative estimate of drug-likeness (QED) is 0.645. The van der Waals surface area contributed by atoms with E-state index in [1.807, 2.05) is 25.1 Å². The van der Waals surface area contributed by atoms with E-state index in [9.17, 15) is 9.18 Å². The van der Waals surface area contributed by atoms with Crippen molar-refractivity contribution in [2.45, 2.75) is 20.0 Å². The lowest BCUT2D eigenvalue weighted by Crippen LogP contribution is -2.23. The van der Waals surface area contributed by atoms with Crippen LogP contribution in [0.4, 0.5) is 10.1 Å². The number of anilines is 1. The number of hydrogen-bond acceptors (Lipinski definition) is 3. The molecule has 0 unspecified atom stereocenters. The topological polar surface area (TPSA) is 69.8 Å². The Kier molecular flexibility index (Phi) is 5.09. The van der Waals surface area contributed by atoms with Crippen LogP contribution < -0.4 is 10.6 Å². The highest BCUT2D eigenvalue weighted by molar-refractivity contribution is 5.95. The van der Waals surface area contributed by atoms with Crippen LogP contribution in [0.25, 0.3) is 0 Å². The predicted molar refractivity (Wildman–Crippen MR) is 94.7 cm³/mol. The van der Waals surface area contributed by atoms with Crippen molar-refractivity contribution in [3.8, 4) is 0 Å². The van der Waals surface area contributed by atoms with E-state index in [1.165, 1.54) is 12.1 Å². The molecule has 1 amide bonds. The molecule has 6 heteroatoms. The number of aryl methyl sites for hydroxylation is 1. The number of carbonyl (C=O) groups excluding carboxylic acids is 1. The summed E-state index contributed by atoms with van der Waals surface area (Å²) in [5, 5.41) is 13.0. The largest absolute Gasteiger partial charge is 0.381 e. The van der Waals surface area contributed by atoms with Crippen molar-refractivity contribution in [1.29, 1.82) is 0 Å². The maximum absolute atomic E-state index is 12.9. The summed E-state index contributed by atoms with van der Waals surface area (Å²) in [4.78, 5) is 12.3. The van der Waals surface area contributed by atoms with E-state index in [2.05, 4.69) is 20.8 Å². The third-order valence-corrected chi connectivity index (χ3v) is 3.72. The van der Waals surface area contributed by atoms with Gasteiger partial charge in [0.15, 0.2) is 0 Å². The number of aromatic amines is 1. The van der Waals surface area contributed by atoms with Gasteiger partial charge in [0.25, 0.3) is 5.91 Å². The number of H-pyrrole nitrogens is 1. The zero-order valence-electron chi connectivity index (χ0n) is 13.8. The van der Waals surface area contributed by atoms with Gasteiger partial charge in [-0.25, -0.2) is 4.39 Å². The number of nitrogens with one attached hydrogen (secondary N) is 3. The van der Waals surface area contributed by atoms with E-state index in [-0.39, 0.29) is 11.7 Å². The fourth-order valence-electron chi connectivity index (χ4n) is 2.41. The first-order valence-corrected chi connectivity index (χ1v) is 7.97. The van der Waals surface area contributed by atoms with Gasteiger partial charge in [0, 0.05) is 23.5 Å². The van der Waals surface area contributed by atoms with Crippen molar-refractivity contribution >= 4 is 11.6 Å². The summed E-state index contributed by atoms with van der Waals surface area (Å²) >= 11 is 0. The summed E-state index contributed by atoms with van der Waals surface area (Å²) < 4.78 is 12.9. The van der Waals surface area contributed by atoms with Crippen molar-refractivity contribution in [2.75, 3.05) is 5.32 Å². The molecule has 3 aromatic rings. The molecule has 25 heavy (non-hydrogen) atoms. The summed E-state index contributed by atoms with van der Waals surface area (Å²) in [5.41, 5.74) is 4.10. The minimum Gasteiger partial charge on any atom is -0.381 e. The first kappa shape index (κ1) is 16.7. The van der Waals surface area contributed by atoms with Crippen LogP contribution in [0.5, 0.6) is 0 Å². The highest BCUT2D eigenvalue weighted by Crippen LogP contribution is 2.13. The summed E-state index contributed by atoms with van der Waals surface area (Å²) in [5.74, 6) is -0.416. The van der Waals surface area contributed by atoms with Gasteiger partial charge in [-0.3, -0.25) is 9.89 Å². The van der Waals surface area contributed by atoms with Gasteiger partial charge < -0.3 is 10.6 Å². The number of nitrogens with zero attached hydrogens (tertiary/aromatic N) is 1. The van der Waals surface area contributed by atoms with E-state index >= 15 is 0 Å². The Morgan fingerprint density at radius 2 is 1.92 bits per heavy atom. The molecule has 3 rings (SSSR count). The fraction of sp³-hybridized carbons (Fsp3) is 0.158. The summed E-state index contributed by atoms with van der Waals surface area (Å²) in [7, 11) is 0. The monoisotopic (exact) mass is 338 g/mol. The molecule has 0 atom stereocenters. The highest BCUT2D eigenvalue weighted by Gasteiger charge is 2.07. The maximum atomic E-state index is 12.9. The number of benzene rings is 2. The number of halogens is 1. The van der Waals surface area contributed by atoms with Gasteiger partial charge in [0.1, 0.15) is 5.82 Å². The van der Waals surface area contributed by atoms with E-state index in [4.69, 9.17) is 0 Å². The van der Waals surface area contributed by atoms with Gasteiger partial charge in [-0.2, -0.15) is 5.10 Å². The normalized spacial score (nSPS) is 10.5. The highest BCUT2D eigenvalue weighted by atomic mass is 19.1. The molecule has 128 valence electrons. The van der Waals surface area contributed by atoms with Crippen LogP contribution in [-0.2, 0) is 13.1 Å². The number of aromatic nitrogens is 2. The third kappa shape index (κ3) is 4.67. The van der Waals surface area contributed by atoms with E-state index in [0.29, 0.717) is 18.7 Å². The molecule has 1 heterocycles. The minimum absolute atomic E-state index is 0.161. The predicted octanol–water partition coefficient (Wildman–Crippen LogP) is 3.40. The van der Waals surface area contributed by atoms with Crippen molar-refractivity contribution in [1.82, 2.24) is 15.5 Å². The average molecular weight is 338 g/mol. The van der Waals surface area contributed by atoms with Gasteiger partial charge in [0.2, 0.25) is 0 Å². The van der Waals surface area contributed by atoms with Gasteiger partial charge in [0.05, 0.1) is 12.2 Å². The van der Waals surface area contributed by atoms with Gasteiger partial charge in [-0.1, -0.05) is 18.2 Å². The Bertz CT molecular complexity index is 858. The van der Waals surface area contributed by atoms with Crippen molar-refractivity contribution in [3.63, 3.8) is 0 Å². The molecular weight excluding hydrogens is 319 g/mol. The molecule has 3 N–H and O–H groups in total. The lowest BCUT2D eigenvalue weighted by atomic mass is 10.1. The molecule has 0 spiro atoms. The van der Waals surface area contributed by atoms with Crippen LogP contribution in [-0.4, -0.2) is 16.1 Å². The first-order chi connectivity index (χ1) is 12.1. The second kappa shape index (κ2) is 7.61. The first-order valence-electron chi connectivity index (χ1n) is 7.97. The number of hydrogen-bond donors (Lipinski definition) is 3. The molecule has 0 aliphatic rings. The molecule has 0 saturated heterocycles. The van der Waals surface area contributed by atoms with Crippen LogP contribution in [0.1, 0.15) is 27.3 Å². The van der Waals surface area contributed by atoms with Gasteiger partial charge in [-0.05, 0) is 48.9 Å². The second-order valence-corrected chi connectivity index (χ2v) is 5.79. The molecule has 0 aliphatic carbocycles. The molecule has 1 aromatic heterocycles. The van der Waals surface area contributed by atoms with E-state index in [0.717, 1.165) is 22.6 Å². The molecular formula is C19H19FN4O. The van der Waals surface area contributed by atoms with E-state index < -0.39 is 0 Å². The summed E-state index contributed by atoms with van der Waals surface area (Å²) in [6, 6.07) is 15.5. The lowest BCUT2D eigenvalue weighted by Gasteiger charge is -2.09. The SMILES string of the molecule is Cc1cc(CNC(=O)c2cccc(NCc3ccc(F)cc3)c2)n[nH]1. The van der Waals surface area contributed by atoms with Crippen LogP contribution >= 0.6 is 0 Å². The molecule has 0 aliphatic heterocycles. The van der Waals surface area contributed by atoms with Gasteiger partial charge >= 0.3 is 0 Å². The summed E-state index contributed by atoms with van der Waals surface area (Å²) in [6.45, 7) is 2.84. The van der Waals surface area contributed by atoms with Gasteiger partial charge in [-0.15, -0.1) is 0 Å². The van der Waals surface area contributed by atoms with Crippen LogP contribution in [0, 0.1) is 12.7 Å². The molecule has 0 bridgehead atoms. The molecule has 0 saturated carbocycles. The van der Waals surface area contributed by atoms with Crippen molar-refractivity contribution in [2.24, 2.45) is 0 Å². The Morgan fingerprint density at radius 3 is 2.64 bits per heavy atom.